The van der Waals surface area contributed by atoms with E-state index in [-0.39, 0.29) is 33.3 Å². The van der Waals surface area contributed by atoms with Crippen molar-refractivity contribution in [2.45, 2.75) is 29.4 Å². The number of carbonyl (C=O) groups excluding carboxylic acids is 1. The van der Waals surface area contributed by atoms with Crippen molar-refractivity contribution in [2.75, 3.05) is 35.7 Å². The zero-order valence-corrected chi connectivity index (χ0v) is 16.7. The van der Waals surface area contributed by atoms with E-state index in [0.717, 1.165) is 12.8 Å². The van der Waals surface area contributed by atoms with E-state index in [1.807, 2.05) is 0 Å². The van der Waals surface area contributed by atoms with Crippen molar-refractivity contribution >= 4 is 43.2 Å². The Hall–Kier alpha value is -1.10. The van der Waals surface area contributed by atoms with E-state index in [0.29, 0.717) is 25.2 Å². The fraction of sp³-hybridized carbons (Fsp3) is 0.562. The van der Waals surface area contributed by atoms with Crippen molar-refractivity contribution in [3.8, 4) is 0 Å². The van der Waals surface area contributed by atoms with E-state index in [2.05, 4.69) is 5.32 Å². The highest BCUT2D eigenvalue weighted by Crippen LogP contribution is 2.25. The maximum absolute atomic E-state index is 12.6. The van der Waals surface area contributed by atoms with Crippen LogP contribution < -0.4 is 5.32 Å². The van der Waals surface area contributed by atoms with Crippen LogP contribution in [0.15, 0.2) is 29.2 Å². The zero-order valence-electron chi connectivity index (χ0n) is 14.3. The molecule has 1 amide bonds. The number of anilines is 1. The van der Waals surface area contributed by atoms with Gasteiger partial charge in [0.2, 0.25) is 15.9 Å². The molecule has 0 saturated carbocycles. The highest BCUT2D eigenvalue weighted by molar-refractivity contribution is 8.02. The van der Waals surface area contributed by atoms with Gasteiger partial charge in [-0.3, -0.25) is 4.79 Å². The molecule has 2 saturated heterocycles. The van der Waals surface area contributed by atoms with Crippen molar-refractivity contribution in [1.82, 2.24) is 4.31 Å². The van der Waals surface area contributed by atoms with Gasteiger partial charge in [-0.15, -0.1) is 11.8 Å². The van der Waals surface area contributed by atoms with Crippen LogP contribution in [0, 0.1) is 0 Å². The predicted octanol–water partition coefficient (Wildman–Crippen LogP) is 1.33. The number of carbonyl (C=O) groups is 1. The molecule has 26 heavy (non-hydrogen) atoms. The molecule has 0 bridgehead atoms. The third kappa shape index (κ3) is 4.79. The molecular formula is C16H22N2O5S3. The van der Waals surface area contributed by atoms with Gasteiger partial charge in [0.25, 0.3) is 0 Å². The van der Waals surface area contributed by atoms with Crippen LogP contribution in [-0.4, -0.2) is 62.6 Å². The highest BCUT2D eigenvalue weighted by Gasteiger charge is 2.29. The lowest BCUT2D eigenvalue weighted by molar-refractivity contribution is -0.113. The van der Waals surface area contributed by atoms with E-state index in [1.165, 1.54) is 28.2 Å². The molecule has 1 N–H and O–H groups in total. The van der Waals surface area contributed by atoms with Gasteiger partial charge in [0.15, 0.2) is 9.84 Å². The van der Waals surface area contributed by atoms with Crippen LogP contribution in [0.1, 0.15) is 19.3 Å². The first-order valence-corrected chi connectivity index (χ1v) is 12.8. The molecular weight excluding hydrogens is 396 g/mol. The topological polar surface area (TPSA) is 101 Å². The molecule has 0 aromatic heterocycles. The minimum atomic E-state index is -3.53. The van der Waals surface area contributed by atoms with E-state index in [9.17, 15) is 21.6 Å². The first kappa shape index (κ1) is 19.7. The van der Waals surface area contributed by atoms with Crippen LogP contribution >= 0.6 is 11.8 Å². The zero-order chi connectivity index (χ0) is 18.8. The van der Waals surface area contributed by atoms with Crippen LogP contribution in [0.2, 0.25) is 0 Å². The minimum absolute atomic E-state index is 0.0485. The average Bonchev–Trinajstić information content (AvgIpc) is 3.23. The Kier molecular flexibility index (Phi) is 5.95. The van der Waals surface area contributed by atoms with Gasteiger partial charge in [0, 0.05) is 24.0 Å². The van der Waals surface area contributed by atoms with Crippen LogP contribution in [-0.2, 0) is 24.7 Å². The summed E-state index contributed by atoms with van der Waals surface area (Å²) in [6, 6.07) is 6.25. The molecule has 0 aliphatic carbocycles. The number of rotatable bonds is 6. The molecule has 0 spiro atoms. The summed E-state index contributed by atoms with van der Waals surface area (Å²) >= 11 is 1.33. The molecule has 2 fully saturated rings. The summed E-state index contributed by atoms with van der Waals surface area (Å²) < 4.78 is 49.5. The smallest absolute Gasteiger partial charge is 0.243 e. The number of amides is 1. The Bertz CT molecular complexity index is 877. The quantitative estimate of drug-likeness (QED) is 0.748. The number of hydrogen-bond donors (Lipinski definition) is 1. The summed E-state index contributed by atoms with van der Waals surface area (Å²) in [7, 11) is -6.48. The second-order valence-corrected chi connectivity index (χ2v) is 12.0. The van der Waals surface area contributed by atoms with E-state index < -0.39 is 19.9 Å². The molecule has 0 unspecified atom stereocenters. The van der Waals surface area contributed by atoms with Gasteiger partial charge in [-0.25, -0.2) is 16.8 Å². The Morgan fingerprint density at radius 3 is 2.65 bits per heavy atom. The monoisotopic (exact) mass is 418 g/mol. The summed E-state index contributed by atoms with van der Waals surface area (Å²) in [5.74, 6) is 0.176. The number of nitrogens with one attached hydrogen (secondary N) is 1. The molecule has 144 valence electrons. The van der Waals surface area contributed by atoms with Crippen molar-refractivity contribution in [3.63, 3.8) is 0 Å². The minimum Gasteiger partial charge on any atom is -0.325 e. The fourth-order valence-electron chi connectivity index (χ4n) is 3.09. The molecule has 2 heterocycles. The molecule has 0 radical (unpaired) electrons. The molecule has 1 aromatic carbocycles. The fourth-order valence-corrected chi connectivity index (χ4v) is 8.10. The second kappa shape index (κ2) is 7.87. The number of nitrogens with zero attached hydrogens (tertiary/aromatic N) is 1. The van der Waals surface area contributed by atoms with Gasteiger partial charge in [0.05, 0.1) is 22.2 Å². The van der Waals surface area contributed by atoms with Gasteiger partial charge >= 0.3 is 0 Å². The lowest BCUT2D eigenvalue weighted by Crippen LogP contribution is -2.28. The van der Waals surface area contributed by atoms with Crippen LogP contribution in [0.4, 0.5) is 5.69 Å². The second-order valence-electron chi connectivity index (χ2n) is 6.52. The van der Waals surface area contributed by atoms with Crippen LogP contribution in [0.5, 0.6) is 0 Å². The summed E-state index contributed by atoms with van der Waals surface area (Å²) in [4.78, 5) is 12.3. The van der Waals surface area contributed by atoms with E-state index in [1.54, 1.807) is 12.1 Å². The molecule has 1 aromatic rings. The van der Waals surface area contributed by atoms with Crippen LogP contribution in [0.3, 0.4) is 0 Å². The lowest BCUT2D eigenvalue weighted by atomic mass is 10.3. The van der Waals surface area contributed by atoms with Gasteiger partial charge in [-0.2, -0.15) is 4.31 Å². The Labute approximate surface area is 158 Å². The largest absolute Gasteiger partial charge is 0.325 e. The Morgan fingerprint density at radius 2 is 2.00 bits per heavy atom. The molecule has 2 aliphatic heterocycles. The highest BCUT2D eigenvalue weighted by atomic mass is 32.2. The molecule has 3 rings (SSSR count). The predicted molar refractivity (Wildman–Crippen MR) is 103 cm³/mol. The summed E-state index contributed by atoms with van der Waals surface area (Å²) in [6.07, 6.45) is 2.30. The van der Waals surface area contributed by atoms with E-state index >= 15 is 0 Å². The average molecular weight is 419 g/mol. The van der Waals surface area contributed by atoms with Crippen molar-refractivity contribution in [3.05, 3.63) is 24.3 Å². The SMILES string of the molecule is O=C(CS[C@H]1CCS(=O)(=O)C1)Nc1cccc(S(=O)(=O)N2CCCC2)c1. The normalized spacial score (nSPS) is 23.2. The van der Waals surface area contributed by atoms with Crippen molar-refractivity contribution in [2.24, 2.45) is 0 Å². The van der Waals surface area contributed by atoms with Gasteiger partial charge < -0.3 is 5.32 Å². The molecule has 7 nitrogen and oxygen atoms in total. The summed E-state index contributed by atoms with van der Waals surface area (Å²) in [6.45, 7) is 1.06. The Morgan fingerprint density at radius 1 is 1.27 bits per heavy atom. The Balaban J connectivity index is 1.59. The van der Waals surface area contributed by atoms with Gasteiger partial charge in [-0.05, 0) is 37.5 Å². The van der Waals surface area contributed by atoms with Crippen molar-refractivity contribution < 1.29 is 21.6 Å². The molecule has 1 atom stereocenters. The van der Waals surface area contributed by atoms with E-state index in [4.69, 9.17) is 0 Å². The first-order valence-electron chi connectivity index (χ1n) is 8.48. The van der Waals surface area contributed by atoms with Gasteiger partial charge in [-0.1, -0.05) is 6.07 Å². The number of sulfone groups is 1. The maximum Gasteiger partial charge on any atom is 0.243 e. The third-order valence-corrected chi connectivity index (χ3v) is 9.64. The molecule has 10 heteroatoms. The maximum atomic E-state index is 12.6. The van der Waals surface area contributed by atoms with Crippen LogP contribution in [0.25, 0.3) is 0 Å². The number of benzene rings is 1. The first-order chi connectivity index (χ1) is 12.3. The summed E-state index contributed by atoms with van der Waals surface area (Å²) in [5.41, 5.74) is 0.426. The number of thioether (sulfide) groups is 1. The molecule has 2 aliphatic rings. The van der Waals surface area contributed by atoms with Crippen molar-refractivity contribution in [1.29, 1.82) is 0 Å². The number of sulfonamides is 1. The number of hydrogen-bond acceptors (Lipinski definition) is 6. The van der Waals surface area contributed by atoms with Gasteiger partial charge in [0.1, 0.15) is 0 Å². The third-order valence-electron chi connectivity index (χ3n) is 4.46. The summed E-state index contributed by atoms with van der Waals surface area (Å²) in [5, 5.41) is 2.65. The lowest BCUT2D eigenvalue weighted by Gasteiger charge is -2.16. The standard InChI is InChI=1S/C16H22N2O5S3/c19-16(11-24-14-6-9-25(20,21)12-14)17-13-4-3-5-15(10-13)26(22,23)18-7-1-2-8-18/h3-5,10,14H,1-2,6-9,11-12H2,(H,17,19)/t14-/m0/s1.